The predicted molar refractivity (Wildman–Crippen MR) is 113 cm³/mol. The van der Waals surface area contributed by atoms with Crippen LogP contribution in [-0.2, 0) is 11.8 Å². The van der Waals surface area contributed by atoms with Crippen LogP contribution in [-0.4, -0.2) is 33.2 Å². The molecule has 0 saturated heterocycles. The number of hydrogen-bond donors (Lipinski definition) is 0. The minimum Gasteiger partial charge on any atom is -0.338 e. The monoisotopic (exact) mass is 401 g/mol. The van der Waals surface area contributed by atoms with E-state index in [0.29, 0.717) is 10.5 Å². The number of thiophene rings is 1. The molecule has 142 valence electrons. The Balaban J connectivity index is 1.77. The lowest BCUT2D eigenvalue weighted by Gasteiger charge is -2.25. The van der Waals surface area contributed by atoms with Crippen LogP contribution >= 0.6 is 23.1 Å². The SMILES string of the molecule is Cc1sc2nc(SCC(=O)N(C)C(C)c3ccccc3)n(C)c(=O)c2c1C. The summed E-state index contributed by atoms with van der Waals surface area (Å²) in [5.41, 5.74) is 2.03. The summed E-state index contributed by atoms with van der Waals surface area (Å²) in [5, 5.41) is 1.26. The van der Waals surface area contributed by atoms with Gasteiger partial charge in [0.25, 0.3) is 5.56 Å². The molecule has 27 heavy (non-hydrogen) atoms. The molecule has 1 amide bonds. The number of carbonyl (C=O) groups is 1. The molecule has 1 aromatic carbocycles. The van der Waals surface area contributed by atoms with Gasteiger partial charge < -0.3 is 4.90 Å². The lowest BCUT2D eigenvalue weighted by Crippen LogP contribution is -2.31. The average molecular weight is 402 g/mol. The smallest absolute Gasteiger partial charge is 0.262 e. The van der Waals surface area contributed by atoms with Crippen molar-refractivity contribution in [3.8, 4) is 0 Å². The van der Waals surface area contributed by atoms with Crippen molar-refractivity contribution in [2.45, 2.75) is 32.0 Å². The number of aryl methyl sites for hydroxylation is 2. The van der Waals surface area contributed by atoms with Gasteiger partial charge in [0, 0.05) is 19.0 Å². The number of hydrogen-bond acceptors (Lipinski definition) is 5. The molecule has 3 rings (SSSR count). The molecule has 2 heterocycles. The molecule has 0 spiro atoms. The van der Waals surface area contributed by atoms with Crippen LogP contribution in [0, 0.1) is 13.8 Å². The summed E-state index contributed by atoms with van der Waals surface area (Å²) < 4.78 is 1.54. The molecule has 0 aliphatic carbocycles. The first-order valence-electron chi connectivity index (χ1n) is 8.71. The van der Waals surface area contributed by atoms with E-state index in [4.69, 9.17) is 0 Å². The number of thioether (sulfide) groups is 1. The fraction of sp³-hybridized carbons (Fsp3) is 0.350. The highest BCUT2D eigenvalue weighted by Gasteiger charge is 2.19. The third-order valence-corrected chi connectivity index (χ3v) is 7.07. The summed E-state index contributed by atoms with van der Waals surface area (Å²) in [7, 11) is 3.52. The number of benzene rings is 1. The number of rotatable bonds is 5. The van der Waals surface area contributed by atoms with Crippen molar-refractivity contribution < 1.29 is 4.79 Å². The highest BCUT2D eigenvalue weighted by atomic mass is 32.2. The van der Waals surface area contributed by atoms with Gasteiger partial charge >= 0.3 is 0 Å². The van der Waals surface area contributed by atoms with E-state index in [0.717, 1.165) is 20.8 Å². The van der Waals surface area contributed by atoms with E-state index < -0.39 is 0 Å². The number of nitrogens with zero attached hydrogens (tertiary/aromatic N) is 3. The van der Waals surface area contributed by atoms with E-state index in [1.807, 2.05) is 58.2 Å². The van der Waals surface area contributed by atoms with E-state index in [1.165, 1.54) is 23.1 Å². The van der Waals surface area contributed by atoms with Gasteiger partial charge in [-0.15, -0.1) is 11.3 Å². The topological polar surface area (TPSA) is 55.2 Å². The summed E-state index contributed by atoms with van der Waals surface area (Å²) >= 11 is 2.83. The van der Waals surface area contributed by atoms with Crippen molar-refractivity contribution in [2.24, 2.45) is 7.05 Å². The quantitative estimate of drug-likeness (QED) is 0.480. The molecule has 1 unspecified atom stereocenters. The van der Waals surface area contributed by atoms with Crippen molar-refractivity contribution in [2.75, 3.05) is 12.8 Å². The Morgan fingerprint density at radius 2 is 1.96 bits per heavy atom. The molecule has 2 aromatic heterocycles. The highest BCUT2D eigenvalue weighted by Crippen LogP contribution is 2.28. The third-order valence-electron chi connectivity index (χ3n) is 4.95. The Morgan fingerprint density at radius 1 is 1.30 bits per heavy atom. The number of aromatic nitrogens is 2. The lowest BCUT2D eigenvalue weighted by molar-refractivity contribution is -0.128. The second-order valence-corrected chi connectivity index (χ2v) is 8.75. The van der Waals surface area contributed by atoms with Gasteiger partial charge in [-0.3, -0.25) is 14.2 Å². The first-order chi connectivity index (χ1) is 12.8. The molecule has 3 aromatic rings. The largest absolute Gasteiger partial charge is 0.338 e. The van der Waals surface area contributed by atoms with Crippen molar-refractivity contribution in [1.29, 1.82) is 0 Å². The van der Waals surface area contributed by atoms with E-state index in [1.54, 1.807) is 16.5 Å². The van der Waals surface area contributed by atoms with Gasteiger partial charge in [0.1, 0.15) is 4.83 Å². The van der Waals surface area contributed by atoms with Crippen LogP contribution in [0.2, 0.25) is 0 Å². The zero-order valence-electron chi connectivity index (χ0n) is 16.1. The van der Waals surface area contributed by atoms with E-state index in [2.05, 4.69) is 4.98 Å². The standard InChI is InChI=1S/C20H23N3O2S2/c1-12-14(3)27-18-17(12)19(25)23(5)20(21-18)26-11-16(24)22(4)13(2)15-9-7-6-8-10-15/h6-10,13H,11H2,1-5H3. The molecule has 0 fully saturated rings. The van der Waals surface area contributed by atoms with Gasteiger partial charge in [0.15, 0.2) is 5.16 Å². The zero-order valence-corrected chi connectivity index (χ0v) is 17.8. The molecule has 0 N–H and O–H groups in total. The molecule has 5 nitrogen and oxygen atoms in total. The fourth-order valence-electron chi connectivity index (χ4n) is 2.88. The van der Waals surface area contributed by atoms with Crippen LogP contribution < -0.4 is 5.56 Å². The summed E-state index contributed by atoms with van der Waals surface area (Å²) in [5.74, 6) is 0.243. The predicted octanol–water partition coefficient (Wildman–Crippen LogP) is 3.92. The summed E-state index contributed by atoms with van der Waals surface area (Å²) in [4.78, 5) is 33.5. The molecular weight excluding hydrogens is 378 g/mol. The van der Waals surface area contributed by atoms with Crippen molar-refractivity contribution in [3.63, 3.8) is 0 Å². The second-order valence-electron chi connectivity index (χ2n) is 6.60. The first kappa shape index (κ1) is 19.6. The number of amides is 1. The molecule has 0 radical (unpaired) electrons. The summed E-state index contributed by atoms with van der Waals surface area (Å²) in [6, 6.07) is 9.92. The van der Waals surface area contributed by atoms with Crippen LogP contribution in [0.1, 0.15) is 29.0 Å². The van der Waals surface area contributed by atoms with Gasteiger partial charge in [0.05, 0.1) is 17.2 Å². The average Bonchev–Trinajstić information content (AvgIpc) is 2.96. The van der Waals surface area contributed by atoms with Gasteiger partial charge in [-0.25, -0.2) is 4.98 Å². The van der Waals surface area contributed by atoms with Crippen LogP contribution in [0.5, 0.6) is 0 Å². The van der Waals surface area contributed by atoms with Gasteiger partial charge in [-0.05, 0) is 31.9 Å². The van der Waals surface area contributed by atoms with Crippen molar-refractivity contribution >= 4 is 39.2 Å². The Labute approximate surface area is 167 Å². The number of carbonyl (C=O) groups excluding carboxylic acids is 1. The Morgan fingerprint density at radius 3 is 2.63 bits per heavy atom. The summed E-state index contributed by atoms with van der Waals surface area (Å²) in [6.45, 7) is 5.96. The maximum atomic E-state index is 12.7. The van der Waals surface area contributed by atoms with Gasteiger partial charge in [-0.2, -0.15) is 0 Å². The Hall–Kier alpha value is -2.12. The molecule has 0 aliphatic rings. The zero-order chi connectivity index (χ0) is 19.7. The second kappa shape index (κ2) is 7.86. The molecule has 0 bridgehead atoms. The van der Waals surface area contributed by atoms with Crippen LogP contribution in [0.3, 0.4) is 0 Å². The molecule has 0 aliphatic heterocycles. The molecule has 0 saturated carbocycles. The number of fused-ring (bicyclic) bond motifs is 1. The van der Waals surface area contributed by atoms with Crippen molar-refractivity contribution in [3.05, 3.63) is 56.7 Å². The summed E-state index contributed by atoms with van der Waals surface area (Å²) in [6.07, 6.45) is 0. The molecular formula is C20H23N3O2S2. The maximum Gasteiger partial charge on any atom is 0.262 e. The van der Waals surface area contributed by atoms with Crippen LogP contribution in [0.25, 0.3) is 10.2 Å². The molecule has 1 atom stereocenters. The van der Waals surface area contributed by atoms with Crippen LogP contribution in [0.4, 0.5) is 0 Å². The minimum atomic E-state index is -0.0530. The minimum absolute atomic E-state index is 0.00393. The van der Waals surface area contributed by atoms with Gasteiger partial charge in [0.2, 0.25) is 5.91 Å². The molecule has 7 heteroatoms. The third kappa shape index (κ3) is 3.80. The Kier molecular flexibility index (Phi) is 5.72. The van der Waals surface area contributed by atoms with Gasteiger partial charge in [-0.1, -0.05) is 42.1 Å². The highest BCUT2D eigenvalue weighted by molar-refractivity contribution is 7.99. The first-order valence-corrected chi connectivity index (χ1v) is 10.5. The van der Waals surface area contributed by atoms with E-state index >= 15 is 0 Å². The fourth-order valence-corrected chi connectivity index (χ4v) is 4.85. The lowest BCUT2D eigenvalue weighted by atomic mass is 10.1. The normalized spacial score (nSPS) is 12.3. The van der Waals surface area contributed by atoms with Crippen LogP contribution in [0.15, 0.2) is 40.3 Å². The maximum absolute atomic E-state index is 12.7. The van der Waals surface area contributed by atoms with Crippen molar-refractivity contribution in [1.82, 2.24) is 14.5 Å². The Bertz CT molecular complexity index is 1040. The van der Waals surface area contributed by atoms with E-state index in [-0.39, 0.29) is 23.3 Å². The van der Waals surface area contributed by atoms with E-state index in [9.17, 15) is 9.59 Å².